The summed E-state index contributed by atoms with van der Waals surface area (Å²) in [6.07, 6.45) is 14.0. The first-order valence-corrected chi connectivity index (χ1v) is 12.8. The maximum Gasteiger partial charge on any atom is 0.0594 e. The van der Waals surface area contributed by atoms with Gasteiger partial charge in [0.1, 0.15) is 0 Å². The second-order valence-corrected chi connectivity index (χ2v) is 13.6. The molecular weight excluding hydrogens is 356 g/mol. The number of hydrogen-bond acceptors (Lipinski definition) is 2. The molecule has 2 heteroatoms. The Labute approximate surface area is 179 Å². The molecule has 0 aromatic carbocycles. The second-order valence-electron chi connectivity index (χ2n) is 13.6. The van der Waals surface area contributed by atoms with E-state index in [1.165, 1.54) is 64.2 Å². The first-order valence-electron chi connectivity index (χ1n) is 12.8. The molecule has 0 aromatic rings. The van der Waals surface area contributed by atoms with Crippen molar-refractivity contribution in [1.82, 2.24) is 0 Å². The molecule has 0 aliphatic heterocycles. The van der Waals surface area contributed by atoms with Crippen molar-refractivity contribution in [3.63, 3.8) is 0 Å². The minimum Gasteiger partial charge on any atom is -0.396 e. The predicted octanol–water partition coefficient (Wildman–Crippen LogP) is 6.20. The fourth-order valence-electron chi connectivity index (χ4n) is 11.0. The van der Waals surface area contributed by atoms with Crippen LogP contribution in [0.3, 0.4) is 0 Å². The highest BCUT2D eigenvalue weighted by atomic mass is 16.3. The highest BCUT2D eigenvalue weighted by molar-refractivity contribution is 5.18. The Morgan fingerprint density at radius 3 is 2.17 bits per heavy atom. The molecule has 2 N–H and O–H groups in total. The van der Waals surface area contributed by atoms with E-state index >= 15 is 0 Å². The molecule has 5 rings (SSSR count). The van der Waals surface area contributed by atoms with Gasteiger partial charge in [-0.1, -0.05) is 41.0 Å². The third-order valence-corrected chi connectivity index (χ3v) is 12.8. The van der Waals surface area contributed by atoms with E-state index in [2.05, 4.69) is 34.6 Å². The van der Waals surface area contributed by atoms with E-state index in [0.29, 0.717) is 28.8 Å². The molecule has 29 heavy (non-hydrogen) atoms. The zero-order chi connectivity index (χ0) is 20.9. The maximum absolute atomic E-state index is 10.8. The SMILES string of the molecule is CC1(C)C(O)CCC2(C)C1CCC1(C)C2CCC2C3CCCC3(CO)CC[C@]21C. The van der Waals surface area contributed by atoms with Crippen molar-refractivity contribution in [2.75, 3.05) is 6.61 Å². The van der Waals surface area contributed by atoms with Gasteiger partial charge in [0.25, 0.3) is 0 Å². The lowest BCUT2D eigenvalue weighted by Gasteiger charge is -2.72. The van der Waals surface area contributed by atoms with Crippen LogP contribution in [0.5, 0.6) is 0 Å². The van der Waals surface area contributed by atoms with Gasteiger partial charge in [0.15, 0.2) is 0 Å². The fraction of sp³-hybridized carbons (Fsp3) is 1.00. The van der Waals surface area contributed by atoms with Crippen molar-refractivity contribution < 1.29 is 10.2 Å². The van der Waals surface area contributed by atoms with Crippen LogP contribution in [0.1, 0.15) is 105 Å². The fourth-order valence-corrected chi connectivity index (χ4v) is 11.0. The second kappa shape index (κ2) is 6.25. The van der Waals surface area contributed by atoms with Crippen LogP contribution in [-0.2, 0) is 0 Å². The highest BCUT2D eigenvalue weighted by Gasteiger charge is 2.69. The zero-order valence-electron chi connectivity index (χ0n) is 19.8. The van der Waals surface area contributed by atoms with Gasteiger partial charge in [-0.2, -0.15) is 0 Å². The topological polar surface area (TPSA) is 40.5 Å². The van der Waals surface area contributed by atoms with E-state index in [4.69, 9.17) is 0 Å². The molecule has 8 unspecified atom stereocenters. The summed E-state index contributed by atoms with van der Waals surface area (Å²) in [5, 5.41) is 21.2. The monoisotopic (exact) mass is 402 g/mol. The first-order chi connectivity index (χ1) is 13.6. The molecule has 0 spiro atoms. The number of aliphatic hydroxyl groups is 2. The number of aliphatic hydroxyl groups excluding tert-OH is 2. The standard InChI is InChI=1S/C27H46O2/c1-23(2)20-10-14-26(5)21(24(20,3)13-11-22(23)29)9-8-18-19-7-6-12-27(19,17-28)16-15-25(18,26)4/h18-22,28-29H,6-17H2,1-5H3/t18?,19?,20?,21?,22?,24?,25-,26?,27?/m1/s1. The normalized spacial score (nSPS) is 58.7. The summed E-state index contributed by atoms with van der Waals surface area (Å²) in [6, 6.07) is 0. The summed E-state index contributed by atoms with van der Waals surface area (Å²) >= 11 is 0. The van der Waals surface area contributed by atoms with Crippen molar-refractivity contribution in [2.45, 2.75) is 111 Å². The Morgan fingerprint density at radius 2 is 1.45 bits per heavy atom. The van der Waals surface area contributed by atoms with Crippen LogP contribution in [0, 0.1) is 50.7 Å². The summed E-state index contributed by atoms with van der Waals surface area (Å²) in [5.74, 6) is 3.03. The van der Waals surface area contributed by atoms with Crippen LogP contribution >= 0.6 is 0 Å². The molecule has 2 nitrogen and oxygen atoms in total. The molecular formula is C27H46O2. The van der Waals surface area contributed by atoms with Gasteiger partial charge in [0.2, 0.25) is 0 Å². The van der Waals surface area contributed by atoms with Crippen molar-refractivity contribution in [1.29, 1.82) is 0 Å². The van der Waals surface area contributed by atoms with Crippen molar-refractivity contribution >= 4 is 0 Å². The molecule has 0 heterocycles. The predicted molar refractivity (Wildman–Crippen MR) is 118 cm³/mol. The van der Waals surface area contributed by atoms with Gasteiger partial charge in [-0.15, -0.1) is 0 Å². The summed E-state index contributed by atoms with van der Waals surface area (Å²) < 4.78 is 0. The average molecular weight is 403 g/mol. The van der Waals surface area contributed by atoms with Crippen molar-refractivity contribution in [3.05, 3.63) is 0 Å². The van der Waals surface area contributed by atoms with Gasteiger partial charge in [-0.05, 0) is 115 Å². The van der Waals surface area contributed by atoms with Gasteiger partial charge >= 0.3 is 0 Å². The van der Waals surface area contributed by atoms with E-state index in [-0.39, 0.29) is 16.9 Å². The summed E-state index contributed by atoms with van der Waals surface area (Å²) in [6.45, 7) is 13.1. The lowest BCUT2D eigenvalue weighted by atomic mass is 9.32. The summed E-state index contributed by atoms with van der Waals surface area (Å²) in [4.78, 5) is 0. The molecule has 166 valence electrons. The van der Waals surface area contributed by atoms with Crippen molar-refractivity contribution in [3.8, 4) is 0 Å². The summed E-state index contributed by atoms with van der Waals surface area (Å²) in [7, 11) is 0. The van der Waals surface area contributed by atoms with E-state index < -0.39 is 0 Å². The van der Waals surface area contributed by atoms with E-state index in [9.17, 15) is 10.2 Å². The largest absolute Gasteiger partial charge is 0.396 e. The molecule has 5 aliphatic rings. The van der Waals surface area contributed by atoms with E-state index in [1.807, 2.05) is 0 Å². The molecule has 5 saturated carbocycles. The van der Waals surface area contributed by atoms with Gasteiger partial charge in [-0.3, -0.25) is 0 Å². The van der Waals surface area contributed by atoms with Crippen LogP contribution in [0.4, 0.5) is 0 Å². The minimum absolute atomic E-state index is 0.0517. The van der Waals surface area contributed by atoms with E-state index in [1.54, 1.807) is 0 Å². The third kappa shape index (κ3) is 2.37. The molecule has 5 fully saturated rings. The van der Waals surface area contributed by atoms with Crippen LogP contribution < -0.4 is 0 Å². The van der Waals surface area contributed by atoms with Gasteiger partial charge in [0.05, 0.1) is 6.10 Å². The Bertz CT molecular complexity index is 671. The van der Waals surface area contributed by atoms with Crippen LogP contribution in [0.25, 0.3) is 0 Å². The molecule has 9 atom stereocenters. The minimum atomic E-state index is -0.129. The molecule has 0 aromatic heterocycles. The molecule has 0 radical (unpaired) electrons. The molecule has 5 aliphatic carbocycles. The van der Waals surface area contributed by atoms with Crippen LogP contribution in [0.15, 0.2) is 0 Å². The first kappa shape index (κ1) is 20.8. The van der Waals surface area contributed by atoms with Gasteiger partial charge in [0, 0.05) is 6.61 Å². The molecule has 0 amide bonds. The number of fused-ring (bicyclic) bond motifs is 7. The van der Waals surface area contributed by atoms with Gasteiger partial charge < -0.3 is 10.2 Å². The number of hydrogen-bond donors (Lipinski definition) is 2. The zero-order valence-corrected chi connectivity index (χ0v) is 19.8. The Balaban J connectivity index is 1.53. The van der Waals surface area contributed by atoms with Crippen LogP contribution in [-0.4, -0.2) is 22.9 Å². The lowest BCUT2D eigenvalue weighted by molar-refractivity contribution is -0.247. The maximum atomic E-state index is 10.8. The summed E-state index contributed by atoms with van der Waals surface area (Å²) in [5.41, 5.74) is 1.54. The van der Waals surface area contributed by atoms with Gasteiger partial charge in [-0.25, -0.2) is 0 Å². The van der Waals surface area contributed by atoms with E-state index in [0.717, 1.165) is 24.2 Å². The Hall–Kier alpha value is -0.0800. The Kier molecular flexibility index (Phi) is 4.48. The molecule has 0 saturated heterocycles. The Morgan fingerprint density at radius 1 is 0.690 bits per heavy atom. The highest BCUT2D eigenvalue weighted by Crippen LogP contribution is 2.76. The average Bonchev–Trinajstić information content (AvgIpc) is 3.10. The third-order valence-electron chi connectivity index (χ3n) is 12.8. The quantitative estimate of drug-likeness (QED) is 0.548. The van der Waals surface area contributed by atoms with Crippen LogP contribution in [0.2, 0.25) is 0 Å². The number of rotatable bonds is 1. The molecule has 0 bridgehead atoms. The van der Waals surface area contributed by atoms with Crippen molar-refractivity contribution in [2.24, 2.45) is 50.7 Å². The lowest BCUT2D eigenvalue weighted by Crippen LogP contribution is -2.66. The smallest absolute Gasteiger partial charge is 0.0594 e.